The summed E-state index contributed by atoms with van der Waals surface area (Å²) in [5, 5.41) is 11.3. The van der Waals surface area contributed by atoms with E-state index in [2.05, 4.69) is 41.7 Å². The zero-order chi connectivity index (χ0) is 13.8. The van der Waals surface area contributed by atoms with E-state index >= 15 is 0 Å². The number of nitrogens with zero attached hydrogens (tertiary/aromatic N) is 2. The highest BCUT2D eigenvalue weighted by molar-refractivity contribution is 9.10. The van der Waals surface area contributed by atoms with E-state index in [1.54, 1.807) is 19.3 Å². The molecule has 1 amide bonds. The number of H-pyrrole nitrogens is 1. The number of carbonyl (C=O) groups is 1. The molecule has 2 aromatic heterocycles. The summed E-state index contributed by atoms with van der Waals surface area (Å²) in [6, 6.07) is 4.34. The number of halogens is 1. The van der Waals surface area contributed by atoms with Crippen LogP contribution in [0.2, 0.25) is 0 Å². The first-order valence-electron chi connectivity index (χ1n) is 5.30. The van der Waals surface area contributed by atoms with Crippen LogP contribution in [0, 0.1) is 0 Å². The van der Waals surface area contributed by atoms with Gasteiger partial charge in [0, 0.05) is 23.8 Å². The third-order valence-electron chi connectivity index (χ3n) is 2.26. The number of aromatic nitrogens is 3. The Balaban J connectivity index is 2.27. The van der Waals surface area contributed by atoms with Crippen molar-refractivity contribution in [2.45, 2.75) is 0 Å². The van der Waals surface area contributed by atoms with E-state index in [4.69, 9.17) is 0 Å². The highest BCUT2D eigenvalue weighted by atomic mass is 79.9. The highest BCUT2D eigenvalue weighted by Crippen LogP contribution is 2.18. The van der Waals surface area contributed by atoms with E-state index in [0.717, 1.165) is 0 Å². The maximum atomic E-state index is 12.1. The molecule has 2 rings (SSSR count). The Morgan fingerprint density at radius 3 is 2.84 bits per heavy atom. The smallest absolute Gasteiger partial charge is 0.264 e. The molecule has 98 valence electrons. The minimum Gasteiger partial charge on any atom is -0.372 e. The third kappa shape index (κ3) is 3.16. The van der Waals surface area contributed by atoms with Gasteiger partial charge >= 0.3 is 0 Å². The monoisotopic (exact) mass is 323 g/mol. The van der Waals surface area contributed by atoms with Crippen LogP contribution in [0.1, 0.15) is 10.4 Å². The summed E-state index contributed by atoms with van der Waals surface area (Å²) < 4.78 is 0.686. The lowest BCUT2D eigenvalue weighted by Crippen LogP contribution is -2.17. The Morgan fingerprint density at radius 1 is 1.42 bits per heavy atom. The van der Waals surface area contributed by atoms with E-state index < -0.39 is 0 Å². The van der Waals surface area contributed by atoms with Gasteiger partial charge in [0.25, 0.3) is 11.5 Å². The minimum atomic E-state index is -0.377. The fraction of sp³-hybridized carbons (Fsp3) is 0.0909. The van der Waals surface area contributed by atoms with Gasteiger partial charge in [-0.2, -0.15) is 5.10 Å². The zero-order valence-electron chi connectivity index (χ0n) is 9.90. The van der Waals surface area contributed by atoms with Crippen LogP contribution < -0.4 is 16.2 Å². The van der Waals surface area contributed by atoms with Gasteiger partial charge in [-0.1, -0.05) is 0 Å². The van der Waals surface area contributed by atoms with Crippen LogP contribution in [0.4, 0.5) is 11.6 Å². The van der Waals surface area contributed by atoms with Crippen molar-refractivity contribution in [3.63, 3.8) is 0 Å². The Hall–Kier alpha value is -2.22. The van der Waals surface area contributed by atoms with Gasteiger partial charge in [0.2, 0.25) is 0 Å². The Morgan fingerprint density at radius 2 is 2.21 bits per heavy atom. The third-order valence-corrected chi connectivity index (χ3v) is 2.69. The second kappa shape index (κ2) is 5.61. The molecule has 2 heterocycles. The number of hydrogen-bond acceptors (Lipinski definition) is 5. The molecule has 0 aliphatic heterocycles. The van der Waals surface area contributed by atoms with Crippen LogP contribution in [0.3, 0.4) is 0 Å². The van der Waals surface area contributed by atoms with Gasteiger partial charge < -0.3 is 10.6 Å². The second-order valence-electron chi connectivity index (χ2n) is 3.56. The van der Waals surface area contributed by atoms with Crippen molar-refractivity contribution in [2.24, 2.45) is 0 Å². The summed E-state index contributed by atoms with van der Waals surface area (Å²) in [6.45, 7) is 0. The van der Waals surface area contributed by atoms with Gasteiger partial charge in [-0.05, 0) is 28.1 Å². The van der Waals surface area contributed by atoms with Gasteiger partial charge in [0.05, 0.1) is 5.56 Å². The number of hydrogen-bond donors (Lipinski definition) is 3. The van der Waals surface area contributed by atoms with Crippen LogP contribution in [0.15, 0.2) is 33.7 Å². The van der Waals surface area contributed by atoms with Gasteiger partial charge in [-0.15, -0.1) is 0 Å². The quantitative estimate of drug-likeness (QED) is 0.788. The van der Waals surface area contributed by atoms with Crippen LogP contribution in [0.5, 0.6) is 0 Å². The maximum Gasteiger partial charge on any atom is 0.264 e. The molecule has 0 atom stereocenters. The molecule has 0 aliphatic carbocycles. The van der Waals surface area contributed by atoms with Crippen molar-refractivity contribution in [2.75, 3.05) is 17.7 Å². The Labute approximate surface area is 116 Å². The summed E-state index contributed by atoms with van der Waals surface area (Å²) in [4.78, 5) is 27.0. The van der Waals surface area contributed by atoms with Gasteiger partial charge in [0.1, 0.15) is 5.82 Å². The van der Waals surface area contributed by atoms with E-state index in [1.807, 2.05) is 0 Å². The molecule has 2 aromatic rings. The van der Waals surface area contributed by atoms with Crippen molar-refractivity contribution < 1.29 is 4.79 Å². The summed E-state index contributed by atoms with van der Waals surface area (Å²) >= 11 is 3.26. The number of anilines is 2. The number of rotatable bonds is 3. The molecule has 0 fully saturated rings. The minimum absolute atomic E-state index is 0.256. The van der Waals surface area contributed by atoms with Crippen LogP contribution in [-0.4, -0.2) is 28.1 Å². The molecule has 0 unspecified atom stereocenters. The largest absolute Gasteiger partial charge is 0.372 e. The predicted molar refractivity (Wildman–Crippen MR) is 74.3 cm³/mol. The molecule has 8 heteroatoms. The lowest BCUT2D eigenvalue weighted by molar-refractivity contribution is 0.102. The van der Waals surface area contributed by atoms with Crippen molar-refractivity contribution >= 4 is 33.5 Å². The molecule has 0 radical (unpaired) electrons. The van der Waals surface area contributed by atoms with Crippen LogP contribution >= 0.6 is 15.9 Å². The molecular weight excluding hydrogens is 314 g/mol. The fourth-order valence-corrected chi connectivity index (χ4v) is 1.74. The number of pyridine rings is 1. The molecule has 0 bridgehead atoms. The van der Waals surface area contributed by atoms with E-state index in [-0.39, 0.29) is 17.3 Å². The maximum absolute atomic E-state index is 12.1. The predicted octanol–water partition coefficient (Wildman–Crippen LogP) is 1.22. The van der Waals surface area contributed by atoms with E-state index in [0.29, 0.717) is 15.9 Å². The van der Waals surface area contributed by atoms with Crippen molar-refractivity contribution in [3.8, 4) is 0 Å². The molecule has 0 spiro atoms. The first-order valence-corrected chi connectivity index (χ1v) is 6.10. The van der Waals surface area contributed by atoms with Crippen LogP contribution in [-0.2, 0) is 0 Å². The number of aromatic amines is 1. The average Bonchev–Trinajstić information content (AvgIpc) is 2.41. The number of nitrogens with one attached hydrogen (secondary N) is 3. The molecule has 3 N–H and O–H groups in total. The molecule has 0 aromatic carbocycles. The molecule has 0 saturated heterocycles. The molecule has 7 nitrogen and oxygen atoms in total. The SMILES string of the molecule is CNc1ncc(Br)cc1C(=O)Nc1ccc(=O)[nH]n1. The summed E-state index contributed by atoms with van der Waals surface area (Å²) in [6.07, 6.45) is 1.58. The Kier molecular flexibility index (Phi) is 3.91. The van der Waals surface area contributed by atoms with Crippen molar-refractivity contribution in [1.82, 2.24) is 15.2 Å². The van der Waals surface area contributed by atoms with Crippen LogP contribution in [0.25, 0.3) is 0 Å². The number of carbonyl (C=O) groups excluding carboxylic acids is 1. The van der Waals surface area contributed by atoms with Gasteiger partial charge in [-0.25, -0.2) is 10.1 Å². The van der Waals surface area contributed by atoms with Gasteiger partial charge in [-0.3, -0.25) is 9.59 Å². The summed E-state index contributed by atoms with van der Waals surface area (Å²) in [5.41, 5.74) is 0.0305. The Bertz CT molecular complexity index is 650. The first kappa shape index (κ1) is 13.2. The van der Waals surface area contributed by atoms with E-state index in [1.165, 1.54) is 12.1 Å². The zero-order valence-corrected chi connectivity index (χ0v) is 11.5. The molecular formula is C11H10BrN5O2. The molecule has 0 aliphatic rings. The lowest BCUT2D eigenvalue weighted by atomic mass is 10.2. The normalized spacial score (nSPS) is 10.0. The summed E-state index contributed by atoms with van der Waals surface area (Å²) in [5.74, 6) is 0.328. The highest BCUT2D eigenvalue weighted by Gasteiger charge is 2.13. The topological polar surface area (TPSA) is 99.8 Å². The molecule has 19 heavy (non-hydrogen) atoms. The standard InChI is InChI=1S/C11H10BrN5O2/c1-13-10-7(4-6(12)5-14-10)11(19)15-8-2-3-9(18)17-16-8/h2-5H,1H3,(H,13,14)(H,17,18)(H,15,16,19). The first-order chi connectivity index (χ1) is 9.10. The summed E-state index contributed by atoms with van der Waals surface area (Å²) in [7, 11) is 1.67. The molecule has 0 saturated carbocycles. The van der Waals surface area contributed by atoms with Crippen molar-refractivity contribution in [3.05, 3.63) is 44.8 Å². The lowest BCUT2D eigenvalue weighted by Gasteiger charge is -2.08. The van der Waals surface area contributed by atoms with Crippen molar-refractivity contribution in [1.29, 1.82) is 0 Å². The van der Waals surface area contributed by atoms with Gasteiger partial charge in [0.15, 0.2) is 5.82 Å². The average molecular weight is 324 g/mol. The second-order valence-corrected chi connectivity index (χ2v) is 4.48. The fourth-order valence-electron chi connectivity index (χ4n) is 1.41. The van der Waals surface area contributed by atoms with E-state index in [9.17, 15) is 9.59 Å². The number of amides is 1.